The van der Waals surface area contributed by atoms with Crippen molar-refractivity contribution in [1.29, 1.82) is 0 Å². The first-order valence-electron chi connectivity index (χ1n) is 3.51. The van der Waals surface area contributed by atoms with Crippen LogP contribution in [0, 0.1) is 0 Å². The lowest BCUT2D eigenvalue weighted by molar-refractivity contribution is -0.118. The number of hydrogen-bond donors (Lipinski definition) is 2. The molecular formula is C7H15NO2. The van der Waals surface area contributed by atoms with E-state index in [0.29, 0.717) is 19.4 Å². The van der Waals surface area contributed by atoms with Crippen molar-refractivity contribution in [3.63, 3.8) is 0 Å². The first-order chi connectivity index (χ1) is 4.66. The molecule has 0 heterocycles. The maximum atomic E-state index is 10.8. The van der Waals surface area contributed by atoms with Crippen LogP contribution in [0.1, 0.15) is 19.8 Å². The van der Waals surface area contributed by atoms with Crippen LogP contribution in [-0.2, 0) is 4.79 Å². The minimum Gasteiger partial charge on any atom is -0.393 e. The number of likely N-dealkylation sites (N-methyl/N-ethyl adjacent to an activating group) is 1. The minimum absolute atomic E-state index is 0.156. The average molecular weight is 145 g/mol. The van der Waals surface area contributed by atoms with Gasteiger partial charge in [0.15, 0.2) is 0 Å². The van der Waals surface area contributed by atoms with Gasteiger partial charge in [0.25, 0.3) is 0 Å². The summed E-state index contributed by atoms with van der Waals surface area (Å²) in [4.78, 5) is 10.8. The molecule has 0 amide bonds. The molecule has 2 N–H and O–H groups in total. The van der Waals surface area contributed by atoms with E-state index in [-0.39, 0.29) is 11.9 Å². The van der Waals surface area contributed by atoms with Gasteiger partial charge in [0.05, 0.1) is 12.6 Å². The number of aliphatic hydroxyl groups is 1. The molecule has 0 spiro atoms. The highest BCUT2D eigenvalue weighted by Crippen LogP contribution is 1.95. The van der Waals surface area contributed by atoms with E-state index >= 15 is 0 Å². The van der Waals surface area contributed by atoms with Gasteiger partial charge in [0.1, 0.15) is 5.78 Å². The van der Waals surface area contributed by atoms with E-state index in [2.05, 4.69) is 5.32 Å². The topological polar surface area (TPSA) is 49.3 Å². The highest BCUT2D eigenvalue weighted by atomic mass is 16.3. The predicted octanol–water partition coefficient (Wildman–Crippen LogP) is -0.0641. The van der Waals surface area contributed by atoms with E-state index in [1.165, 1.54) is 0 Å². The average Bonchev–Trinajstić information content (AvgIpc) is 1.85. The van der Waals surface area contributed by atoms with Crippen molar-refractivity contribution in [3.05, 3.63) is 0 Å². The fourth-order valence-corrected chi connectivity index (χ4v) is 0.655. The summed E-state index contributed by atoms with van der Waals surface area (Å²) >= 11 is 0. The summed E-state index contributed by atoms with van der Waals surface area (Å²) < 4.78 is 0. The maximum absolute atomic E-state index is 10.8. The summed E-state index contributed by atoms with van der Waals surface area (Å²) in [5.41, 5.74) is 0. The number of Topliss-reactive ketones (excluding diaryl/α,β-unsaturated/α-hetero) is 1. The number of aliphatic hydroxyl groups excluding tert-OH is 1. The number of rotatable bonds is 5. The zero-order valence-corrected chi connectivity index (χ0v) is 6.55. The standard InChI is InChI=1S/C7H15NO2/c1-6(9)3-4-7(10)5-8-2/h6,8-9H,3-5H2,1-2H3/t6-/m0/s1. The quantitative estimate of drug-likeness (QED) is 0.569. The Morgan fingerprint density at radius 3 is 2.70 bits per heavy atom. The van der Waals surface area contributed by atoms with Crippen LogP contribution in [0.15, 0.2) is 0 Å². The van der Waals surface area contributed by atoms with Gasteiger partial charge in [-0.3, -0.25) is 4.79 Å². The molecule has 0 saturated carbocycles. The van der Waals surface area contributed by atoms with Gasteiger partial charge in [-0.1, -0.05) is 0 Å². The third-order valence-corrected chi connectivity index (χ3v) is 1.21. The van der Waals surface area contributed by atoms with E-state index in [9.17, 15) is 4.79 Å². The molecule has 0 aliphatic carbocycles. The molecule has 0 saturated heterocycles. The third kappa shape index (κ3) is 5.72. The van der Waals surface area contributed by atoms with Gasteiger partial charge in [0.2, 0.25) is 0 Å². The molecule has 0 rings (SSSR count). The first kappa shape index (κ1) is 9.59. The van der Waals surface area contributed by atoms with E-state index < -0.39 is 0 Å². The summed E-state index contributed by atoms with van der Waals surface area (Å²) in [6.07, 6.45) is 0.680. The minimum atomic E-state index is -0.360. The normalized spacial score (nSPS) is 13.1. The Labute approximate surface area is 61.4 Å². The molecule has 3 heteroatoms. The van der Waals surface area contributed by atoms with Gasteiger partial charge in [-0.25, -0.2) is 0 Å². The van der Waals surface area contributed by atoms with Gasteiger partial charge in [-0.2, -0.15) is 0 Å². The zero-order chi connectivity index (χ0) is 7.98. The summed E-state index contributed by atoms with van der Waals surface area (Å²) in [6.45, 7) is 2.10. The molecule has 0 aromatic carbocycles. The molecule has 0 bridgehead atoms. The van der Waals surface area contributed by atoms with Crippen LogP contribution in [0.2, 0.25) is 0 Å². The number of carbonyl (C=O) groups is 1. The Morgan fingerprint density at radius 2 is 2.30 bits per heavy atom. The van der Waals surface area contributed by atoms with Crippen LogP contribution in [0.25, 0.3) is 0 Å². The lowest BCUT2D eigenvalue weighted by Gasteiger charge is -2.01. The molecule has 60 valence electrons. The Balaban J connectivity index is 3.22. The SMILES string of the molecule is CNCC(=O)CC[C@H](C)O. The highest BCUT2D eigenvalue weighted by molar-refractivity contribution is 5.80. The number of ketones is 1. The number of hydrogen-bond acceptors (Lipinski definition) is 3. The van der Waals surface area contributed by atoms with Crippen molar-refractivity contribution in [1.82, 2.24) is 5.32 Å². The molecule has 0 fully saturated rings. The predicted molar refractivity (Wildman–Crippen MR) is 39.8 cm³/mol. The summed E-state index contributed by atoms with van der Waals surface area (Å²) in [5.74, 6) is 0.156. The Kier molecular flexibility index (Phi) is 5.16. The van der Waals surface area contributed by atoms with Crippen LogP contribution < -0.4 is 5.32 Å². The second-order valence-electron chi connectivity index (χ2n) is 2.46. The largest absolute Gasteiger partial charge is 0.393 e. The molecule has 0 radical (unpaired) electrons. The van der Waals surface area contributed by atoms with Crippen LogP contribution in [0.5, 0.6) is 0 Å². The zero-order valence-electron chi connectivity index (χ0n) is 6.55. The van der Waals surface area contributed by atoms with Gasteiger partial charge >= 0.3 is 0 Å². The third-order valence-electron chi connectivity index (χ3n) is 1.21. The van der Waals surface area contributed by atoms with Crippen molar-refractivity contribution in [2.75, 3.05) is 13.6 Å². The van der Waals surface area contributed by atoms with Crippen molar-refractivity contribution >= 4 is 5.78 Å². The molecular weight excluding hydrogens is 130 g/mol. The van der Waals surface area contributed by atoms with Gasteiger partial charge in [-0.05, 0) is 20.4 Å². The lowest BCUT2D eigenvalue weighted by atomic mass is 10.1. The molecule has 0 aromatic rings. The van der Waals surface area contributed by atoms with Gasteiger partial charge < -0.3 is 10.4 Å². The van der Waals surface area contributed by atoms with Crippen LogP contribution >= 0.6 is 0 Å². The first-order valence-corrected chi connectivity index (χ1v) is 3.51. The molecule has 0 unspecified atom stereocenters. The van der Waals surface area contributed by atoms with Crippen LogP contribution in [-0.4, -0.2) is 30.6 Å². The van der Waals surface area contributed by atoms with Gasteiger partial charge in [0, 0.05) is 6.42 Å². The molecule has 0 aliphatic heterocycles. The van der Waals surface area contributed by atoms with Crippen LogP contribution in [0.3, 0.4) is 0 Å². The molecule has 3 nitrogen and oxygen atoms in total. The maximum Gasteiger partial charge on any atom is 0.146 e. The fourth-order valence-electron chi connectivity index (χ4n) is 0.655. The lowest BCUT2D eigenvalue weighted by Crippen LogP contribution is -2.19. The van der Waals surface area contributed by atoms with Crippen molar-refractivity contribution in [3.8, 4) is 0 Å². The van der Waals surface area contributed by atoms with E-state index in [4.69, 9.17) is 5.11 Å². The number of nitrogens with one attached hydrogen (secondary N) is 1. The molecule has 0 aliphatic rings. The molecule has 1 atom stereocenters. The number of carbonyl (C=O) groups excluding carboxylic acids is 1. The Morgan fingerprint density at radius 1 is 1.70 bits per heavy atom. The second-order valence-corrected chi connectivity index (χ2v) is 2.46. The van der Waals surface area contributed by atoms with E-state index in [1.54, 1.807) is 14.0 Å². The monoisotopic (exact) mass is 145 g/mol. The second kappa shape index (κ2) is 5.38. The fraction of sp³-hybridized carbons (Fsp3) is 0.857. The van der Waals surface area contributed by atoms with E-state index in [0.717, 1.165) is 0 Å². The molecule has 0 aromatic heterocycles. The van der Waals surface area contributed by atoms with Crippen LogP contribution in [0.4, 0.5) is 0 Å². The van der Waals surface area contributed by atoms with Crippen molar-refractivity contribution < 1.29 is 9.90 Å². The molecule has 10 heavy (non-hydrogen) atoms. The smallest absolute Gasteiger partial charge is 0.146 e. The Bertz CT molecular complexity index is 102. The Hall–Kier alpha value is -0.410. The highest BCUT2D eigenvalue weighted by Gasteiger charge is 2.01. The van der Waals surface area contributed by atoms with E-state index in [1.807, 2.05) is 0 Å². The summed E-state index contributed by atoms with van der Waals surface area (Å²) in [5, 5.41) is 11.6. The summed E-state index contributed by atoms with van der Waals surface area (Å²) in [6, 6.07) is 0. The van der Waals surface area contributed by atoms with Crippen molar-refractivity contribution in [2.45, 2.75) is 25.9 Å². The summed E-state index contributed by atoms with van der Waals surface area (Å²) in [7, 11) is 1.74. The van der Waals surface area contributed by atoms with Crippen molar-refractivity contribution in [2.24, 2.45) is 0 Å². The van der Waals surface area contributed by atoms with Gasteiger partial charge in [-0.15, -0.1) is 0 Å².